The number of carboxylic acids is 1. The summed E-state index contributed by atoms with van der Waals surface area (Å²) in [5.41, 5.74) is 3.82. The molecule has 1 fully saturated rings. The van der Waals surface area contributed by atoms with Gasteiger partial charge in [-0.25, -0.2) is 0 Å². The van der Waals surface area contributed by atoms with Gasteiger partial charge in [-0.15, -0.1) is 12.4 Å². The number of hydrogen-bond donors (Lipinski definition) is 1. The van der Waals surface area contributed by atoms with Crippen LogP contribution >= 0.6 is 12.4 Å². The quantitative estimate of drug-likeness (QED) is 0.532. The Morgan fingerprint density at radius 2 is 2.00 bits per heavy atom. The molecule has 0 aliphatic carbocycles. The van der Waals surface area contributed by atoms with Gasteiger partial charge in [0.25, 0.3) is 0 Å². The van der Waals surface area contributed by atoms with E-state index < -0.39 is 5.97 Å². The topological polar surface area (TPSA) is 59.0 Å². The maximum atomic E-state index is 11.2. The fraction of sp³-hybridized carbons (Fsp3) is 0.480. The number of carboxylic acid groups (broad SMARTS) is 1. The van der Waals surface area contributed by atoms with Crippen molar-refractivity contribution in [1.82, 2.24) is 4.90 Å². The van der Waals surface area contributed by atoms with Crippen LogP contribution < -0.4 is 4.74 Å². The summed E-state index contributed by atoms with van der Waals surface area (Å²) >= 11 is 0. The lowest BCUT2D eigenvalue weighted by Gasteiger charge is -2.30. The average Bonchev–Trinajstić information content (AvgIpc) is 2.77. The molecule has 1 heterocycles. The van der Waals surface area contributed by atoms with Crippen LogP contribution in [-0.2, 0) is 9.53 Å². The Bertz CT molecular complexity index is 829. The van der Waals surface area contributed by atoms with Crippen molar-refractivity contribution in [2.75, 3.05) is 40.0 Å². The van der Waals surface area contributed by atoms with E-state index in [0.29, 0.717) is 19.8 Å². The summed E-state index contributed by atoms with van der Waals surface area (Å²) in [4.78, 5) is 13.4. The van der Waals surface area contributed by atoms with Crippen LogP contribution in [0.1, 0.15) is 41.9 Å². The summed E-state index contributed by atoms with van der Waals surface area (Å²) in [5.74, 6) is 0.190. The van der Waals surface area contributed by atoms with E-state index in [-0.39, 0.29) is 24.2 Å². The molecular weight excluding hydrogens is 414 g/mol. The van der Waals surface area contributed by atoms with Crippen molar-refractivity contribution in [1.29, 1.82) is 0 Å². The molecule has 0 aromatic heterocycles. The van der Waals surface area contributed by atoms with E-state index in [1.54, 1.807) is 7.11 Å². The smallest absolute Gasteiger partial charge is 0.307 e. The average molecular weight is 448 g/mol. The van der Waals surface area contributed by atoms with Gasteiger partial charge in [-0.05, 0) is 61.6 Å². The number of halogens is 1. The monoisotopic (exact) mass is 447 g/mol. The molecule has 6 heteroatoms. The lowest BCUT2D eigenvalue weighted by Crippen LogP contribution is -2.40. The minimum Gasteiger partial charge on any atom is -0.497 e. The number of methoxy groups -OCH3 is 1. The second-order valence-corrected chi connectivity index (χ2v) is 8.06. The maximum Gasteiger partial charge on any atom is 0.307 e. The number of carbonyl (C=O) groups is 1. The van der Waals surface area contributed by atoms with Gasteiger partial charge >= 0.3 is 5.97 Å². The number of nitrogens with zero attached hydrogens (tertiary/aromatic N) is 1. The fourth-order valence-corrected chi connectivity index (χ4v) is 4.29. The summed E-state index contributed by atoms with van der Waals surface area (Å²) in [6.45, 7) is 5.82. The van der Waals surface area contributed by atoms with Crippen LogP contribution in [0.25, 0.3) is 0 Å². The van der Waals surface area contributed by atoms with Crippen molar-refractivity contribution in [3.8, 4) is 5.75 Å². The molecule has 3 rings (SSSR count). The van der Waals surface area contributed by atoms with E-state index in [9.17, 15) is 9.90 Å². The highest BCUT2D eigenvalue weighted by Gasteiger charge is 2.25. The molecule has 0 saturated carbocycles. The third kappa shape index (κ3) is 7.23. The number of hydrogen-bond acceptors (Lipinski definition) is 4. The number of piperidine rings is 1. The Hall–Kier alpha value is -2.08. The highest BCUT2D eigenvalue weighted by molar-refractivity contribution is 5.85. The molecule has 2 aromatic carbocycles. The summed E-state index contributed by atoms with van der Waals surface area (Å²) in [7, 11) is 1.69. The summed E-state index contributed by atoms with van der Waals surface area (Å²) in [6.07, 6.45) is 2.61. The van der Waals surface area contributed by atoms with Crippen LogP contribution in [0.2, 0.25) is 0 Å². The first-order valence-corrected chi connectivity index (χ1v) is 10.8. The van der Waals surface area contributed by atoms with Crippen molar-refractivity contribution in [3.05, 3.63) is 65.2 Å². The molecule has 0 amide bonds. The number of rotatable bonds is 10. The van der Waals surface area contributed by atoms with Gasteiger partial charge in [-0.3, -0.25) is 4.79 Å². The van der Waals surface area contributed by atoms with Gasteiger partial charge in [-0.1, -0.05) is 36.4 Å². The Labute approximate surface area is 191 Å². The first kappa shape index (κ1) is 25.2. The minimum absolute atomic E-state index is 0. The lowest BCUT2D eigenvalue weighted by atomic mass is 9.86. The van der Waals surface area contributed by atoms with E-state index in [2.05, 4.69) is 48.2 Å². The molecule has 31 heavy (non-hydrogen) atoms. The van der Waals surface area contributed by atoms with Crippen LogP contribution in [-0.4, -0.2) is 55.9 Å². The second kappa shape index (κ2) is 12.7. The SMILES string of the molecule is COc1cccc(C(CCOCCN2CCC[C@@H](C(=O)O)C2)c2ccccc2C)c1.Cl. The molecule has 1 unspecified atom stereocenters. The number of aliphatic carboxylic acids is 1. The fourth-order valence-electron chi connectivity index (χ4n) is 4.29. The minimum atomic E-state index is -0.681. The van der Waals surface area contributed by atoms with Gasteiger partial charge in [0.15, 0.2) is 0 Å². The first-order valence-electron chi connectivity index (χ1n) is 10.8. The zero-order valence-electron chi connectivity index (χ0n) is 18.5. The number of benzene rings is 2. The molecule has 0 bridgehead atoms. The number of likely N-dealkylation sites (tertiary alicyclic amines) is 1. The summed E-state index contributed by atoms with van der Waals surface area (Å²) < 4.78 is 11.4. The Kier molecular flexibility index (Phi) is 10.3. The van der Waals surface area contributed by atoms with Crippen molar-refractivity contribution >= 4 is 18.4 Å². The van der Waals surface area contributed by atoms with E-state index in [1.807, 2.05) is 12.1 Å². The van der Waals surface area contributed by atoms with Gasteiger partial charge < -0.3 is 19.5 Å². The van der Waals surface area contributed by atoms with Crippen molar-refractivity contribution in [3.63, 3.8) is 0 Å². The Balaban J connectivity index is 0.00000341. The number of aryl methyl sites for hydroxylation is 1. The molecular formula is C25H34ClNO4. The van der Waals surface area contributed by atoms with Crippen LogP contribution in [0.5, 0.6) is 5.75 Å². The molecule has 1 saturated heterocycles. The molecule has 1 N–H and O–H groups in total. The zero-order chi connectivity index (χ0) is 21.3. The molecule has 2 aromatic rings. The molecule has 5 nitrogen and oxygen atoms in total. The largest absolute Gasteiger partial charge is 0.497 e. The predicted molar refractivity (Wildman–Crippen MR) is 125 cm³/mol. The molecule has 170 valence electrons. The molecule has 0 radical (unpaired) electrons. The summed E-state index contributed by atoms with van der Waals surface area (Å²) in [5, 5.41) is 9.24. The van der Waals surface area contributed by atoms with Crippen LogP contribution in [0, 0.1) is 12.8 Å². The predicted octanol–water partition coefficient (Wildman–Crippen LogP) is 4.76. The van der Waals surface area contributed by atoms with Gasteiger partial charge in [0.1, 0.15) is 5.75 Å². The highest BCUT2D eigenvalue weighted by atomic mass is 35.5. The Morgan fingerprint density at radius 1 is 1.19 bits per heavy atom. The van der Waals surface area contributed by atoms with Gasteiger partial charge in [0.05, 0.1) is 19.6 Å². The van der Waals surface area contributed by atoms with Gasteiger partial charge in [-0.2, -0.15) is 0 Å². The van der Waals surface area contributed by atoms with Gasteiger partial charge in [0, 0.05) is 25.6 Å². The van der Waals surface area contributed by atoms with E-state index in [0.717, 1.165) is 38.1 Å². The molecule has 1 aliphatic rings. The van der Waals surface area contributed by atoms with Gasteiger partial charge in [0.2, 0.25) is 0 Å². The van der Waals surface area contributed by atoms with Crippen molar-refractivity contribution < 1.29 is 19.4 Å². The second-order valence-electron chi connectivity index (χ2n) is 8.06. The third-order valence-electron chi connectivity index (χ3n) is 6.02. The van der Waals surface area contributed by atoms with Crippen LogP contribution in [0.4, 0.5) is 0 Å². The van der Waals surface area contributed by atoms with Crippen molar-refractivity contribution in [2.24, 2.45) is 5.92 Å². The van der Waals surface area contributed by atoms with E-state index >= 15 is 0 Å². The standard InChI is InChI=1S/C25H33NO4.ClH/c1-19-7-3-4-11-23(19)24(20-8-5-10-22(17-20)29-2)12-15-30-16-14-26-13-6-9-21(18-26)25(27)28;/h3-5,7-8,10-11,17,21,24H,6,9,12-16,18H2,1-2H3,(H,27,28);1H/t21-,24?;/m1./s1. The summed E-state index contributed by atoms with van der Waals surface area (Å²) in [6, 6.07) is 16.8. The first-order chi connectivity index (χ1) is 14.6. The zero-order valence-corrected chi connectivity index (χ0v) is 19.3. The van der Waals surface area contributed by atoms with E-state index in [4.69, 9.17) is 9.47 Å². The Morgan fingerprint density at radius 3 is 2.74 bits per heavy atom. The van der Waals surface area contributed by atoms with Crippen molar-refractivity contribution in [2.45, 2.75) is 32.1 Å². The van der Waals surface area contributed by atoms with Crippen LogP contribution in [0.3, 0.4) is 0 Å². The molecule has 0 spiro atoms. The van der Waals surface area contributed by atoms with E-state index in [1.165, 1.54) is 16.7 Å². The number of ether oxygens (including phenoxy) is 2. The molecule has 1 aliphatic heterocycles. The highest BCUT2D eigenvalue weighted by Crippen LogP contribution is 2.32. The molecule has 2 atom stereocenters. The normalized spacial score (nSPS) is 17.5. The van der Waals surface area contributed by atoms with Crippen LogP contribution in [0.15, 0.2) is 48.5 Å². The lowest BCUT2D eigenvalue weighted by molar-refractivity contribution is -0.143. The third-order valence-corrected chi connectivity index (χ3v) is 6.02. The maximum absolute atomic E-state index is 11.2.